The molecule has 0 fully saturated rings. The molecule has 0 radical (unpaired) electrons. The molecule has 0 bridgehead atoms. The van der Waals surface area contributed by atoms with Gasteiger partial charge in [0.25, 0.3) is 6.01 Å². The summed E-state index contributed by atoms with van der Waals surface area (Å²) >= 11 is 6.17. The number of nitrogens with one attached hydrogen (secondary N) is 1. The predicted molar refractivity (Wildman–Crippen MR) is 86.1 cm³/mol. The largest absolute Gasteiger partial charge is 0.423 e. The molecule has 3 rings (SSSR count). The van der Waals surface area contributed by atoms with Crippen molar-refractivity contribution in [2.24, 2.45) is 0 Å². The van der Waals surface area contributed by atoms with Crippen molar-refractivity contribution >= 4 is 23.3 Å². The number of halogens is 1. The summed E-state index contributed by atoms with van der Waals surface area (Å²) in [6.45, 7) is 1.96. The van der Waals surface area contributed by atoms with E-state index in [0.29, 0.717) is 22.4 Å². The first-order valence-electron chi connectivity index (χ1n) is 6.66. The molecule has 0 unspecified atom stereocenters. The zero-order valence-electron chi connectivity index (χ0n) is 11.8. The molecule has 0 spiro atoms. The predicted octanol–water partition coefficient (Wildman–Crippen LogP) is 4.92. The lowest BCUT2D eigenvalue weighted by Crippen LogP contribution is -1.93. The van der Waals surface area contributed by atoms with Crippen LogP contribution in [0.1, 0.15) is 11.1 Å². The van der Waals surface area contributed by atoms with Gasteiger partial charge in [-0.1, -0.05) is 23.7 Å². The molecule has 0 aliphatic carbocycles. The molecule has 0 atom stereocenters. The maximum atomic E-state index is 8.81. The third kappa shape index (κ3) is 2.80. The van der Waals surface area contributed by atoms with Gasteiger partial charge in [0.1, 0.15) is 0 Å². The van der Waals surface area contributed by atoms with Crippen LogP contribution in [0.3, 0.4) is 0 Å². The molecule has 1 aromatic heterocycles. The maximum Gasteiger partial charge on any atom is 0.299 e. The monoisotopic (exact) mass is 309 g/mol. The molecule has 1 heterocycles. The van der Waals surface area contributed by atoms with Crippen LogP contribution in [-0.4, -0.2) is 4.98 Å². The summed E-state index contributed by atoms with van der Waals surface area (Å²) in [6, 6.07) is 15.2. The van der Waals surface area contributed by atoms with Crippen LogP contribution < -0.4 is 5.32 Å². The molecule has 0 aliphatic rings. The number of aromatic nitrogens is 1. The third-order valence-electron chi connectivity index (χ3n) is 3.26. The van der Waals surface area contributed by atoms with Gasteiger partial charge in [-0.3, -0.25) is 0 Å². The molecule has 0 amide bonds. The van der Waals surface area contributed by atoms with Crippen LogP contribution in [0, 0.1) is 18.3 Å². The van der Waals surface area contributed by atoms with Crippen LogP contribution in [0.2, 0.25) is 5.02 Å². The summed E-state index contributed by atoms with van der Waals surface area (Å²) in [5.74, 6) is 0.622. The lowest BCUT2D eigenvalue weighted by Gasteiger charge is -2.07. The number of oxazole rings is 1. The molecule has 0 aliphatic heterocycles. The number of nitriles is 1. The fourth-order valence-corrected chi connectivity index (χ4v) is 2.34. The second-order valence-corrected chi connectivity index (χ2v) is 5.18. The van der Waals surface area contributed by atoms with Crippen LogP contribution in [0.4, 0.5) is 11.7 Å². The van der Waals surface area contributed by atoms with E-state index in [4.69, 9.17) is 21.3 Å². The fourth-order valence-electron chi connectivity index (χ4n) is 2.07. The van der Waals surface area contributed by atoms with Crippen molar-refractivity contribution in [3.05, 3.63) is 64.8 Å². The number of hydrogen-bond donors (Lipinski definition) is 1. The van der Waals surface area contributed by atoms with Crippen molar-refractivity contribution in [3.8, 4) is 17.4 Å². The van der Waals surface area contributed by atoms with Crippen molar-refractivity contribution in [1.82, 2.24) is 4.98 Å². The SMILES string of the molecule is Cc1cccc(Cl)c1Nc1ncc(-c2ccc(C#N)cc2)o1. The minimum atomic E-state index is 0.371. The summed E-state index contributed by atoms with van der Waals surface area (Å²) in [4.78, 5) is 4.21. The van der Waals surface area contributed by atoms with Gasteiger partial charge in [0.05, 0.1) is 28.5 Å². The quantitative estimate of drug-likeness (QED) is 0.746. The second kappa shape index (κ2) is 5.92. The van der Waals surface area contributed by atoms with E-state index in [0.717, 1.165) is 16.8 Å². The van der Waals surface area contributed by atoms with Crippen LogP contribution in [0.5, 0.6) is 0 Å². The van der Waals surface area contributed by atoms with E-state index in [1.807, 2.05) is 31.2 Å². The molecular formula is C17H12ClN3O. The Balaban J connectivity index is 1.86. The summed E-state index contributed by atoms with van der Waals surface area (Å²) in [5.41, 5.74) is 3.24. The number of nitrogens with zero attached hydrogens (tertiary/aromatic N) is 2. The first-order chi connectivity index (χ1) is 10.7. The Morgan fingerprint density at radius 2 is 1.95 bits per heavy atom. The lowest BCUT2D eigenvalue weighted by atomic mass is 10.1. The van der Waals surface area contributed by atoms with Crippen LogP contribution in [-0.2, 0) is 0 Å². The minimum Gasteiger partial charge on any atom is -0.423 e. The van der Waals surface area contributed by atoms with E-state index in [9.17, 15) is 0 Å². The van der Waals surface area contributed by atoms with Crippen molar-refractivity contribution < 1.29 is 4.42 Å². The highest BCUT2D eigenvalue weighted by Gasteiger charge is 2.10. The topological polar surface area (TPSA) is 61.9 Å². The van der Waals surface area contributed by atoms with Gasteiger partial charge in [0, 0.05) is 5.56 Å². The number of hydrogen-bond acceptors (Lipinski definition) is 4. The first kappa shape index (κ1) is 14.2. The Morgan fingerprint density at radius 1 is 1.18 bits per heavy atom. The van der Waals surface area contributed by atoms with Crippen molar-refractivity contribution in [2.45, 2.75) is 6.92 Å². The molecule has 22 heavy (non-hydrogen) atoms. The number of rotatable bonds is 3. The van der Waals surface area contributed by atoms with Crippen molar-refractivity contribution in [3.63, 3.8) is 0 Å². The van der Waals surface area contributed by atoms with Gasteiger partial charge >= 0.3 is 0 Å². The van der Waals surface area contributed by atoms with Crippen molar-refractivity contribution in [2.75, 3.05) is 5.32 Å². The Kier molecular flexibility index (Phi) is 3.82. The van der Waals surface area contributed by atoms with E-state index < -0.39 is 0 Å². The minimum absolute atomic E-state index is 0.371. The Morgan fingerprint density at radius 3 is 2.64 bits per heavy atom. The fraction of sp³-hybridized carbons (Fsp3) is 0.0588. The molecular weight excluding hydrogens is 298 g/mol. The molecule has 5 heteroatoms. The number of para-hydroxylation sites is 1. The standard InChI is InChI=1S/C17H12ClN3O/c1-11-3-2-4-14(18)16(11)21-17-20-10-15(22-17)13-7-5-12(9-19)6-8-13/h2-8,10H,1H3,(H,20,21). The van der Waals surface area contributed by atoms with Crippen LogP contribution in [0.25, 0.3) is 11.3 Å². The van der Waals surface area contributed by atoms with E-state index >= 15 is 0 Å². The Hall–Kier alpha value is -2.77. The summed E-state index contributed by atoms with van der Waals surface area (Å²) < 4.78 is 5.69. The Labute approximate surface area is 133 Å². The lowest BCUT2D eigenvalue weighted by molar-refractivity contribution is 0.592. The molecule has 1 N–H and O–H groups in total. The zero-order chi connectivity index (χ0) is 15.5. The van der Waals surface area contributed by atoms with Gasteiger partial charge in [0.2, 0.25) is 0 Å². The Bertz CT molecular complexity index is 827. The summed E-state index contributed by atoms with van der Waals surface area (Å²) in [7, 11) is 0. The third-order valence-corrected chi connectivity index (χ3v) is 3.57. The average molecular weight is 310 g/mol. The molecule has 3 aromatic rings. The second-order valence-electron chi connectivity index (χ2n) is 4.78. The number of aryl methyl sites for hydroxylation is 1. The number of benzene rings is 2. The smallest absolute Gasteiger partial charge is 0.299 e. The van der Waals surface area contributed by atoms with E-state index in [2.05, 4.69) is 16.4 Å². The molecule has 0 saturated heterocycles. The zero-order valence-corrected chi connectivity index (χ0v) is 12.6. The van der Waals surface area contributed by atoms with Crippen LogP contribution >= 0.6 is 11.6 Å². The van der Waals surface area contributed by atoms with E-state index in [1.54, 1.807) is 24.4 Å². The number of anilines is 2. The van der Waals surface area contributed by atoms with E-state index in [-0.39, 0.29) is 0 Å². The maximum absolute atomic E-state index is 8.81. The molecule has 2 aromatic carbocycles. The first-order valence-corrected chi connectivity index (χ1v) is 7.03. The summed E-state index contributed by atoms with van der Waals surface area (Å²) in [6.07, 6.45) is 1.63. The van der Waals surface area contributed by atoms with Gasteiger partial charge in [-0.25, -0.2) is 4.98 Å². The normalized spacial score (nSPS) is 10.2. The summed E-state index contributed by atoms with van der Waals surface area (Å²) in [5, 5.41) is 12.5. The highest BCUT2D eigenvalue weighted by molar-refractivity contribution is 6.33. The average Bonchev–Trinajstić information content (AvgIpc) is 3.00. The molecule has 4 nitrogen and oxygen atoms in total. The highest BCUT2D eigenvalue weighted by Crippen LogP contribution is 2.30. The molecule has 0 saturated carbocycles. The van der Waals surface area contributed by atoms with Crippen molar-refractivity contribution in [1.29, 1.82) is 5.26 Å². The van der Waals surface area contributed by atoms with Gasteiger partial charge < -0.3 is 9.73 Å². The van der Waals surface area contributed by atoms with Gasteiger partial charge in [0.15, 0.2) is 5.76 Å². The molecule has 108 valence electrons. The highest BCUT2D eigenvalue weighted by atomic mass is 35.5. The van der Waals surface area contributed by atoms with Gasteiger partial charge in [-0.05, 0) is 42.8 Å². The van der Waals surface area contributed by atoms with E-state index in [1.165, 1.54) is 0 Å². The van der Waals surface area contributed by atoms with Crippen LogP contribution in [0.15, 0.2) is 53.1 Å². The van der Waals surface area contributed by atoms with Gasteiger partial charge in [-0.15, -0.1) is 0 Å². The van der Waals surface area contributed by atoms with Gasteiger partial charge in [-0.2, -0.15) is 5.26 Å².